The lowest BCUT2D eigenvalue weighted by Crippen LogP contribution is -2.10. The van der Waals surface area contributed by atoms with Crippen molar-refractivity contribution in [1.82, 2.24) is 4.98 Å². The van der Waals surface area contributed by atoms with Crippen molar-refractivity contribution >= 4 is 44.9 Å². The van der Waals surface area contributed by atoms with Gasteiger partial charge in [0.1, 0.15) is 15.7 Å². The van der Waals surface area contributed by atoms with Crippen molar-refractivity contribution in [3.63, 3.8) is 0 Å². The van der Waals surface area contributed by atoms with Crippen LogP contribution in [0.3, 0.4) is 0 Å². The molecule has 5 nitrogen and oxygen atoms in total. The maximum atomic E-state index is 12.7. The van der Waals surface area contributed by atoms with Crippen molar-refractivity contribution in [3.8, 4) is 17.4 Å². The number of benzene rings is 2. The second-order valence-corrected chi connectivity index (χ2v) is 8.49. The number of alkyl halides is 3. The molecule has 0 radical (unpaired) electrons. The molecule has 0 bridgehead atoms. The van der Waals surface area contributed by atoms with Gasteiger partial charge in [-0.15, -0.1) is 0 Å². The van der Waals surface area contributed by atoms with E-state index in [1.807, 2.05) is 0 Å². The summed E-state index contributed by atoms with van der Waals surface area (Å²) in [5.74, 6) is -0.292. The predicted octanol–water partition coefficient (Wildman–Crippen LogP) is 6.62. The zero-order chi connectivity index (χ0) is 22.1. The molecule has 1 heterocycles. The Morgan fingerprint density at radius 3 is 2.13 bits per heavy atom. The van der Waals surface area contributed by atoms with Gasteiger partial charge in [0.25, 0.3) is 0 Å². The summed E-state index contributed by atoms with van der Waals surface area (Å²) in [4.78, 5) is 3.33. The van der Waals surface area contributed by atoms with Crippen LogP contribution in [0.4, 0.5) is 13.2 Å². The lowest BCUT2D eigenvalue weighted by atomic mass is 10.3. The van der Waals surface area contributed by atoms with E-state index < -0.39 is 21.9 Å². The third-order valence-corrected chi connectivity index (χ3v) is 5.60. The van der Waals surface area contributed by atoms with Crippen LogP contribution >= 0.6 is 34.8 Å². The first-order valence-electron chi connectivity index (χ1n) is 7.86. The van der Waals surface area contributed by atoms with Crippen LogP contribution in [0.2, 0.25) is 15.1 Å². The first kappa shape index (κ1) is 22.5. The first-order valence-corrected chi connectivity index (χ1v) is 10.4. The van der Waals surface area contributed by atoms with Gasteiger partial charge >= 0.3 is 16.3 Å². The molecule has 0 saturated carbocycles. The number of pyridine rings is 1. The molecule has 0 saturated heterocycles. The van der Waals surface area contributed by atoms with E-state index in [0.717, 1.165) is 0 Å². The van der Waals surface area contributed by atoms with E-state index in [4.69, 9.17) is 43.7 Å². The highest BCUT2D eigenvalue weighted by Gasteiger charge is 2.31. The summed E-state index contributed by atoms with van der Waals surface area (Å²) in [6.45, 7) is 0. The molecule has 0 N–H and O–H groups in total. The molecule has 12 heteroatoms. The van der Waals surface area contributed by atoms with Gasteiger partial charge in [-0.25, -0.2) is 4.98 Å². The van der Waals surface area contributed by atoms with Gasteiger partial charge in [-0.3, -0.25) is 0 Å². The molecule has 158 valence electrons. The van der Waals surface area contributed by atoms with Crippen molar-refractivity contribution in [2.75, 3.05) is 0 Å². The quantitative estimate of drug-likeness (QED) is 0.370. The van der Waals surface area contributed by atoms with Gasteiger partial charge < -0.3 is 8.92 Å². The van der Waals surface area contributed by atoms with Gasteiger partial charge in [-0.2, -0.15) is 21.6 Å². The molecule has 0 unspecified atom stereocenters. The molecule has 0 spiro atoms. The predicted molar refractivity (Wildman–Crippen MR) is 105 cm³/mol. The van der Waals surface area contributed by atoms with Crippen LogP contribution < -0.4 is 8.92 Å². The fourth-order valence-electron chi connectivity index (χ4n) is 2.15. The molecule has 0 aliphatic carbocycles. The lowest BCUT2D eigenvalue weighted by Gasteiger charge is -2.11. The van der Waals surface area contributed by atoms with Gasteiger partial charge in [0.15, 0.2) is 5.75 Å². The van der Waals surface area contributed by atoms with E-state index in [2.05, 4.69) is 4.98 Å². The summed E-state index contributed by atoms with van der Waals surface area (Å²) >= 11 is 17.4. The van der Waals surface area contributed by atoms with Gasteiger partial charge in [-0.05, 0) is 48.5 Å². The molecule has 30 heavy (non-hydrogen) atoms. The highest BCUT2D eigenvalue weighted by Crippen LogP contribution is 2.35. The van der Waals surface area contributed by atoms with Crippen molar-refractivity contribution in [1.29, 1.82) is 0 Å². The third kappa shape index (κ3) is 5.28. The molecule has 0 aliphatic heterocycles. The zero-order valence-electron chi connectivity index (χ0n) is 14.5. The number of aromatic nitrogens is 1. The molecule has 0 amide bonds. The maximum absolute atomic E-state index is 12.7. The topological polar surface area (TPSA) is 65.5 Å². The van der Waals surface area contributed by atoms with Gasteiger partial charge in [0.2, 0.25) is 5.88 Å². The average Bonchev–Trinajstić information content (AvgIpc) is 2.65. The van der Waals surface area contributed by atoms with Crippen LogP contribution in [0.5, 0.6) is 17.4 Å². The van der Waals surface area contributed by atoms with Gasteiger partial charge in [0.05, 0.1) is 10.6 Å². The summed E-state index contributed by atoms with van der Waals surface area (Å²) in [5, 5.41) is -0.0435. The second-order valence-electron chi connectivity index (χ2n) is 5.69. The summed E-state index contributed by atoms with van der Waals surface area (Å²) in [7, 11) is -4.22. The third-order valence-electron chi connectivity index (χ3n) is 3.56. The summed E-state index contributed by atoms with van der Waals surface area (Å²) in [6.07, 6.45) is -4.03. The van der Waals surface area contributed by atoms with Crippen molar-refractivity contribution in [2.45, 2.75) is 11.1 Å². The fraction of sp³-hybridized carbons (Fsp3) is 0.0556. The van der Waals surface area contributed by atoms with Gasteiger partial charge in [0, 0.05) is 11.2 Å². The number of hydrogen-bond acceptors (Lipinski definition) is 5. The Labute approximate surface area is 184 Å². The van der Waals surface area contributed by atoms with Crippen LogP contribution in [0.15, 0.2) is 59.6 Å². The highest BCUT2D eigenvalue weighted by atomic mass is 35.5. The monoisotopic (exact) mass is 497 g/mol. The van der Waals surface area contributed by atoms with Crippen LogP contribution in [-0.4, -0.2) is 13.4 Å². The standard InChI is InChI=1S/C18H9Cl3F3NO4S/c19-11-1-6-16(14(20)8-11)29-30(26,27)13-4-2-12(3-5-13)28-17-15(21)7-10(9-25-17)18(22,23)24/h1-9H. The Bertz CT molecular complexity index is 1190. The molecule has 0 atom stereocenters. The smallest absolute Gasteiger partial charge is 0.417 e. The van der Waals surface area contributed by atoms with Crippen molar-refractivity contribution < 1.29 is 30.5 Å². The summed E-state index contributed by atoms with van der Waals surface area (Å²) < 4.78 is 73.1. The number of ether oxygens (including phenoxy) is 1. The van der Waals surface area contributed by atoms with Crippen LogP contribution in [-0.2, 0) is 16.3 Å². The summed E-state index contributed by atoms with van der Waals surface area (Å²) in [6, 6.07) is 9.58. The Morgan fingerprint density at radius 1 is 0.900 bits per heavy atom. The fourth-order valence-corrected chi connectivity index (χ4v) is 3.80. The van der Waals surface area contributed by atoms with E-state index in [9.17, 15) is 21.6 Å². The average molecular weight is 499 g/mol. The van der Waals surface area contributed by atoms with E-state index >= 15 is 0 Å². The Morgan fingerprint density at radius 2 is 1.57 bits per heavy atom. The maximum Gasteiger partial charge on any atom is 0.417 e. The zero-order valence-corrected chi connectivity index (χ0v) is 17.5. The van der Waals surface area contributed by atoms with E-state index in [1.165, 1.54) is 42.5 Å². The minimum absolute atomic E-state index is 0.00838. The van der Waals surface area contributed by atoms with Crippen molar-refractivity contribution in [3.05, 3.63) is 75.4 Å². The minimum Gasteiger partial charge on any atom is -0.438 e. The van der Waals surface area contributed by atoms with E-state index in [0.29, 0.717) is 17.3 Å². The van der Waals surface area contributed by atoms with Crippen LogP contribution in [0, 0.1) is 0 Å². The number of nitrogens with zero attached hydrogens (tertiary/aromatic N) is 1. The van der Waals surface area contributed by atoms with Gasteiger partial charge in [-0.1, -0.05) is 34.8 Å². The summed E-state index contributed by atoms with van der Waals surface area (Å²) in [5.41, 5.74) is -1.03. The minimum atomic E-state index is -4.60. The molecule has 0 aliphatic rings. The lowest BCUT2D eigenvalue weighted by molar-refractivity contribution is -0.137. The normalized spacial score (nSPS) is 11.9. The van der Waals surface area contributed by atoms with Crippen LogP contribution in [0.1, 0.15) is 5.56 Å². The number of rotatable bonds is 5. The Hall–Kier alpha value is -2.20. The molecule has 2 aromatic carbocycles. The Balaban J connectivity index is 1.77. The molecule has 3 rings (SSSR count). The van der Waals surface area contributed by atoms with E-state index in [-0.39, 0.29) is 32.3 Å². The van der Waals surface area contributed by atoms with E-state index in [1.54, 1.807) is 0 Å². The second kappa shape index (κ2) is 8.50. The van der Waals surface area contributed by atoms with Crippen molar-refractivity contribution in [2.24, 2.45) is 0 Å². The molecular weight excluding hydrogens is 490 g/mol. The molecule has 3 aromatic rings. The number of hydrogen-bond donors (Lipinski definition) is 0. The SMILES string of the molecule is O=S(=O)(Oc1ccc(Cl)cc1Cl)c1ccc(Oc2ncc(C(F)(F)F)cc2Cl)cc1. The molecule has 0 fully saturated rings. The first-order chi connectivity index (χ1) is 14.0. The highest BCUT2D eigenvalue weighted by molar-refractivity contribution is 7.87. The van der Waals surface area contributed by atoms with Crippen LogP contribution in [0.25, 0.3) is 0 Å². The Kier molecular flexibility index (Phi) is 6.37. The largest absolute Gasteiger partial charge is 0.438 e. The molecule has 1 aromatic heterocycles. The number of halogens is 6. The molecular formula is C18H9Cl3F3NO4S.